The van der Waals surface area contributed by atoms with Crippen molar-refractivity contribution in [1.29, 1.82) is 0 Å². The Morgan fingerprint density at radius 1 is 1.00 bits per heavy atom. The lowest BCUT2D eigenvalue weighted by Gasteiger charge is -2.12. The van der Waals surface area contributed by atoms with Gasteiger partial charge in [-0.2, -0.15) is 8.78 Å². The number of carbonyl (C=O) groups excluding carboxylic acids is 3. The number of anilines is 1. The van der Waals surface area contributed by atoms with Crippen LogP contribution in [0, 0.1) is 0 Å². The van der Waals surface area contributed by atoms with Crippen molar-refractivity contribution in [3.05, 3.63) is 54.1 Å². The fourth-order valence-electron chi connectivity index (χ4n) is 1.99. The number of amides is 1. The molecule has 2 aromatic rings. The molecule has 0 aliphatic heterocycles. The fraction of sp³-hybridized carbons (Fsp3) is 0.167. The lowest BCUT2D eigenvalue weighted by molar-refractivity contribution is -0.149. The Bertz CT molecular complexity index is 812. The lowest BCUT2D eigenvalue weighted by atomic mass is 10.2. The topological polar surface area (TPSA) is 90.9 Å². The van der Waals surface area contributed by atoms with Crippen LogP contribution in [-0.4, -0.2) is 38.0 Å². The van der Waals surface area contributed by atoms with Crippen molar-refractivity contribution in [3.8, 4) is 11.5 Å². The molecular weight excluding hydrogens is 364 g/mol. The minimum Gasteiger partial charge on any atom is -0.481 e. The van der Waals surface area contributed by atoms with Gasteiger partial charge in [-0.25, -0.2) is 4.79 Å². The van der Waals surface area contributed by atoms with Gasteiger partial charge in [0.15, 0.2) is 19.5 Å². The van der Waals surface area contributed by atoms with Crippen LogP contribution in [0.5, 0.6) is 11.5 Å². The van der Waals surface area contributed by atoms with Crippen molar-refractivity contribution in [2.45, 2.75) is 6.61 Å². The van der Waals surface area contributed by atoms with E-state index in [1.165, 1.54) is 36.4 Å². The maximum Gasteiger partial charge on any atom is 0.387 e. The highest BCUT2D eigenvalue weighted by molar-refractivity contribution is 5.94. The molecule has 0 bridgehead atoms. The Morgan fingerprint density at radius 2 is 1.67 bits per heavy atom. The maximum absolute atomic E-state index is 12.3. The van der Waals surface area contributed by atoms with Gasteiger partial charge in [0.25, 0.3) is 5.91 Å². The van der Waals surface area contributed by atoms with Gasteiger partial charge in [-0.3, -0.25) is 9.59 Å². The van der Waals surface area contributed by atoms with Crippen molar-refractivity contribution in [2.75, 3.05) is 18.5 Å². The Morgan fingerprint density at radius 3 is 2.37 bits per heavy atom. The number of halogens is 2. The minimum atomic E-state index is -3.05. The Balaban J connectivity index is 1.82. The third-order valence-corrected chi connectivity index (χ3v) is 3.13. The zero-order valence-electron chi connectivity index (χ0n) is 13.9. The first kappa shape index (κ1) is 19.8. The number of alkyl halides is 2. The van der Waals surface area contributed by atoms with E-state index >= 15 is 0 Å². The van der Waals surface area contributed by atoms with Crippen LogP contribution >= 0.6 is 0 Å². The number of rotatable bonds is 9. The van der Waals surface area contributed by atoms with E-state index in [4.69, 9.17) is 9.47 Å². The summed E-state index contributed by atoms with van der Waals surface area (Å²) in [5.41, 5.74) is 0.272. The Kier molecular flexibility index (Phi) is 7.24. The molecule has 9 heteroatoms. The summed E-state index contributed by atoms with van der Waals surface area (Å²) in [6.07, 6.45) is 0.576. The highest BCUT2D eigenvalue weighted by atomic mass is 19.3. The standard InChI is InChI=1S/C18H15F2NO6/c19-18(20)27-15-8-4-2-6-13(15)21-16(23)10-26-17(24)11-25-14-7-3-1-5-12(14)9-22/h1-9,18H,10-11H2,(H,21,23). The number of ether oxygens (including phenoxy) is 3. The molecule has 2 aromatic carbocycles. The average Bonchev–Trinajstić information content (AvgIpc) is 2.66. The number of aldehydes is 1. The molecule has 0 heterocycles. The Hall–Kier alpha value is -3.49. The molecular formula is C18H15F2NO6. The minimum absolute atomic E-state index is 0.00927. The predicted octanol–water partition coefficient (Wildman–Crippen LogP) is 2.66. The molecule has 0 fully saturated rings. The molecule has 0 unspecified atom stereocenters. The molecule has 1 amide bonds. The molecule has 0 saturated heterocycles. The monoisotopic (exact) mass is 379 g/mol. The number of para-hydroxylation sites is 3. The summed E-state index contributed by atoms with van der Waals surface area (Å²) in [6, 6.07) is 11.9. The first-order valence-corrected chi connectivity index (χ1v) is 7.66. The fourth-order valence-corrected chi connectivity index (χ4v) is 1.99. The largest absolute Gasteiger partial charge is 0.481 e. The number of hydrogen-bond acceptors (Lipinski definition) is 6. The van der Waals surface area contributed by atoms with E-state index in [-0.39, 0.29) is 22.7 Å². The van der Waals surface area contributed by atoms with Crippen LogP contribution < -0.4 is 14.8 Å². The second kappa shape index (κ2) is 9.85. The zero-order chi connectivity index (χ0) is 19.6. The third-order valence-electron chi connectivity index (χ3n) is 3.13. The number of benzene rings is 2. The molecule has 0 aliphatic rings. The number of hydrogen-bond donors (Lipinski definition) is 1. The van der Waals surface area contributed by atoms with Crippen molar-refractivity contribution >= 4 is 23.9 Å². The smallest absolute Gasteiger partial charge is 0.387 e. The molecule has 1 N–H and O–H groups in total. The van der Waals surface area contributed by atoms with E-state index in [1.807, 2.05) is 0 Å². The van der Waals surface area contributed by atoms with E-state index in [1.54, 1.807) is 12.1 Å². The molecule has 7 nitrogen and oxygen atoms in total. The number of carbonyl (C=O) groups is 3. The van der Waals surface area contributed by atoms with Crippen molar-refractivity contribution in [1.82, 2.24) is 0 Å². The predicted molar refractivity (Wildman–Crippen MR) is 90.0 cm³/mol. The van der Waals surface area contributed by atoms with Crippen LogP contribution in [0.1, 0.15) is 10.4 Å². The van der Waals surface area contributed by atoms with Crippen LogP contribution in [0.15, 0.2) is 48.5 Å². The molecule has 142 valence electrons. The normalized spacial score (nSPS) is 10.2. The first-order chi connectivity index (χ1) is 13.0. The summed E-state index contributed by atoms with van der Waals surface area (Å²) in [6.45, 7) is -4.21. The summed E-state index contributed by atoms with van der Waals surface area (Å²) in [5.74, 6) is -1.61. The van der Waals surface area contributed by atoms with Crippen molar-refractivity contribution in [2.24, 2.45) is 0 Å². The molecule has 0 radical (unpaired) electrons. The first-order valence-electron chi connectivity index (χ1n) is 7.66. The SMILES string of the molecule is O=Cc1ccccc1OCC(=O)OCC(=O)Nc1ccccc1OC(F)F. The number of nitrogens with one attached hydrogen (secondary N) is 1. The molecule has 0 aromatic heterocycles. The van der Waals surface area contributed by atoms with Crippen molar-refractivity contribution in [3.63, 3.8) is 0 Å². The van der Waals surface area contributed by atoms with Gasteiger partial charge in [0.1, 0.15) is 11.5 Å². The van der Waals surface area contributed by atoms with Gasteiger partial charge in [-0.1, -0.05) is 24.3 Å². The quantitative estimate of drug-likeness (QED) is 0.532. The van der Waals surface area contributed by atoms with Gasteiger partial charge in [-0.05, 0) is 24.3 Å². The highest BCUT2D eigenvalue weighted by Gasteiger charge is 2.13. The van der Waals surface area contributed by atoms with Gasteiger partial charge in [0, 0.05) is 0 Å². The summed E-state index contributed by atoms with van der Waals surface area (Å²) in [4.78, 5) is 34.3. The second-order valence-electron chi connectivity index (χ2n) is 5.03. The van der Waals surface area contributed by atoms with Gasteiger partial charge in [-0.15, -0.1) is 0 Å². The Labute approximate surface area is 152 Å². The lowest BCUT2D eigenvalue weighted by Crippen LogP contribution is -2.24. The molecule has 0 spiro atoms. The van der Waals surface area contributed by atoms with Gasteiger partial charge < -0.3 is 19.5 Å². The number of esters is 1. The van der Waals surface area contributed by atoms with E-state index < -0.39 is 31.7 Å². The molecule has 0 aliphatic carbocycles. The van der Waals surface area contributed by atoms with E-state index in [9.17, 15) is 23.2 Å². The van der Waals surface area contributed by atoms with Crippen molar-refractivity contribution < 1.29 is 37.4 Å². The summed E-state index contributed by atoms with van der Waals surface area (Å²) < 4.78 is 38.8. The van der Waals surface area contributed by atoms with Crippen LogP contribution in [0.3, 0.4) is 0 Å². The van der Waals surface area contributed by atoms with E-state index in [2.05, 4.69) is 10.1 Å². The average molecular weight is 379 g/mol. The molecule has 2 rings (SSSR count). The van der Waals surface area contributed by atoms with Gasteiger partial charge in [0.05, 0.1) is 11.3 Å². The zero-order valence-corrected chi connectivity index (χ0v) is 13.9. The second-order valence-corrected chi connectivity index (χ2v) is 5.03. The molecule has 0 saturated carbocycles. The van der Waals surface area contributed by atoms with Crippen LogP contribution in [-0.2, 0) is 14.3 Å². The maximum atomic E-state index is 12.3. The van der Waals surface area contributed by atoms with Crippen LogP contribution in [0.2, 0.25) is 0 Å². The molecule has 0 atom stereocenters. The molecule has 27 heavy (non-hydrogen) atoms. The van der Waals surface area contributed by atoms with Gasteiger partial charge in [0.2, 0.25) is 0 Å². The third kappa shape index (κ3) is 6.38. The highest BCUT2D eigenvalue weighted by Crippen LogP contribution is 2.25. The summed E-state index contributed by atoms with van der Waals surface area (Å²) in [5, 5.41) is 2.30. The van der Waals surface area contributed by atoms with Crippen LogP contribution in [0.25, 0.3) is 0 Å². The summed E-state index contributed by atoms with van der Waals surface area (Å²) >= 11 is 0. The summed E-state index contributed by atoms with van der Waals surface area (Å²) in [7, 11) is 0. The van der Waals surface area contributed by atoms with E-state index in [0.717, 1.165) is 0 Å². The van der Waals surface area contributed by atoms with Crippen LogP contribution in [0.4, 0.5) is 14.5 Å². The van der Waals surface area contributed by atoms with E-state index in [0.29, 0.717) is 6.29 Å². The van der Waals surface area contributed by atoms with Gasteiger partial charge >= 0.3 is 12.6 Å².